The molecule has 2 rings (SSSR count). The summed E-state index contributed by atoms with van der Waals surface area (Å²) < 4.78 is 5.78. The zero-order valence-corrected chi connectivity index (χ0v) is 11.1. The van der Waals surface area contributed by atoms with E-state index in [1.807, 2.05) is 12.3 Å². The van der Waals surface area contributed by atoms with Gasteiger partial charge in [-0.25, -0.2) is 4.98 Å². The molecule has 0 aliphatic carbocycles. The van der Waals surface area contributed by atoms with Crippen molar-refractivity contribution in [3.8, 4) is 0 Å². The molecule has 18 heavy (non-hydrogen) atoms. The molecule has 1 aromatic heterocycles. The number of aromatic nitrogens is 1. The van der Waals surface area contributed by atoms with E-state index in [1.54, 1.807) is 0 Å². The Kier molecular flexibility index (Phi) is 4.96. The van der Waals surface area contributed by atoms with Crippen molar-refractivity contribution in [3.05, 3.63) is 23.9 Å². The van der Waals surface area contributed by atoms with Gasteiger partial charge in [-0.05, 0) is 43.9 Å². The zero-order valence-electron chi connectivity index (χ0n) is 11.1. The SMILES string of the molecule is CN(CC1CCCCO1)c1ncccc1CCN. The summed E-state index contributed by atoms with van der Waals surface area (Å²) in [6.45, 7) is 2.47. The Labute approximate surface area is 109 Å². The first-order chi connectivity index (χ1) is 8.81. The average molecular weight is 249 g/mol. The molecule has 0 radical (unpaired) electrons. The van der Waals surface area contributed by atoms with Crippen molar-refractivity contribution in [3.63, 3.8) is 0 Å². The van der Waals surface area contributed by atoms with Crippen LogP contribution >= 0.6 is 0 Å². The van der Waals surface area contributed by atoms with E-state index in [9.17, 15) is 0 Å². The van der Waals surface area contributed by atoms with Gasteiger partial charge in [0.25, 0.3) is 0 Å². The molecule has 1 aliphatic rings. The number of nitrogens with two attached hydrogens (primary N) is 1. The second kappa shape index (κ2) is 6.71. The van der Waals surface area contributed by atoms with E-state index in [0.717, 1.165) is 31.8 Å². The molecule has 1 unspecified atom stereocenters. The van der Waals surface area contributed by atoms with E-state index in [0.29, 0.717) is 12.6 Å². The van der Waals surface area contributed by atoms with Crippen LogP contribution in [-0.2, 0) is 11.2 Å². The summed E-state index contributed by atoms with van der Waals surface area (Å²) in [5.74, 6) is 1.04. The van der Waals surface area contributed by atoms with Gasteiger partial charge in [-0.3, -0.25) is 0 Å². The number of nitrogens with zero attached hydrogens (tertiary/aromatic N) is 2. The third-order valence-corrected chi connectivity index (χ3v) is 3.39. The van der Waals surface area contributed by atoms with E-state index in [-0.39, 0.29) is 0 Å². The third-order valence-electron chi connectivity index (χ3n) is 3.39. The fourth-order valence-corrected chi connectivity index (χ4v) is 2.47. The fraction of sp³-hybridized carbons (Fsp3) is 0.643. The number of hydrogen-bond donors (Lipinski definition) is 1. The Morgan fingerprint density at radius 3 is 3.11 bits per heavy atom. The molecule has 4 heteroatoms. The smallest absolute Gasteiger partial charge is 0.131 e. The van der Waals surface area contributed by atoms with Gasteiger partial charge >= 0.3 is 0 Å². The molecule has 0 aromatic carbocycles. The normalized spacial score (nSPS) is 19.8. The maximum atomic E-state index is 5.78. The first kappa shape index (κ1) is 13.3. The van der Waals surface area contributed by atoms with Crippen molar-refractivity contribution < 1.29 is 4.74 Å². The molecule has 2 heterocycles. The Balaban J connectivity index is 2.00. The van der Waals surface area contributed by atoms with Gasteiger partial charge in [0.05, 0.1) is 6.10 Å². The van der Waals surface area contributed by atoms with Gasteiger partial charge in [-0.2, -0.15) is 0 Å². The number of rotatable bonds is 5. The largest absolute Gasteiger partial charge is 0.376 e. The molecule has 0 spiro atoms. The minimum atomic E-state index is 0.344. The highest BCUT2D eigenvalue weighted by Gasteiger charge is 2.17. The van der Waals surface area contributed by atoms with Crippen molar-refractivity contribution in [2.45, 2.75) is 31.8 Å². The second-order valence-electron chi connectivity index (χ2n) is 4.89. The van der Waals surface area contributed by atoms with Crippen LogP contribution in [-0.4, -0.2) is 37.8 Å². The first-order valence-electron chi connectivity index (χ1n) is 6.78. The number of likely N-dealkylation sites (N-methyl/N-ethyl adjacent to an activating group) is 1. The fourth-order valence-electron chi connectivity index (χ4n) is 2.47. The van der Waals surface area contributed by atoms with E-state index < -0.39 is 0 Å². The lowest BCUT2D eigenvalue weighted by Gasteiger charge is -2.29. The Hall–Kier alpha value is -1.13. The van der Waals surface area contributed by atoms with E-state index in [1.165, 1.54) is 18.4 Å². The van der Waals surface area contributed by atoms with E-state index in [4.69, 9.17) is 10.5 Å². The number of ether oxygens (including phenoxy) is 1. The van der Waals surface area contributed by atoms with Crippen LogP contribution in [0.2, 0.25) is 0 Å². The van der Waals surface area contributed by atoms with Crippen LogP contribution in [0.3, 0.4) is 0 Å². The van der Waals surface area contributed by atoms with Crippen molar-refractivity contribution in [1.29, 1.82) is 0 Å². The first-order valence-corrected chi connectivity index (χ1v) is 6.78. The summed E-state index contributed by atoms with van der Waals surface area (Å²) in [5.41, 5.74) is 6.86. The lowest BCUT2D eigenvalue weighted by molar-refractivity contribution is 0.0215. The topological polar surface area (TPSA) is 51.4 Å². The molecule has 1 atom stereocenters. The second-order valence-corrected chi connectivity index (χ2v) is 4.89. The molecule has 1 fully saturated rings. The van der Waals surface area contributed by atoms with Gasteiger partial charge in [0.15, 0.2) is 0 Å². The minimum absolute atomic E-state index is 0.344. The molecule has 0 saturated carbocycles. The van der Waals surface area contributed by atoms with Gasteiger partial charge in [0, 0.05) is 26.4 Å². The van der Waals surface area contributed by atoms with Crippen LogP contribution in [0.15, 0.2) is 18.3 Å². The van der Waals surface area contributed by atoms with Gasteiger partial charge in [0.2, 0.25) is 0 Å². The van der Waals surface area contributed by atoms with Crippen LogP contribution < -0.4 is 10.6 Å². The lowest BCUT2D eigenvalue weighted by Crippen LogP contribution is -2.34. The minimum Gasteiger partial charge on any atom is -0.376 e. The average Bonchev–Trinajstić information content (AvgIpc) is 2.41. The highest BCUT2D eigenvalue weighted by atomic mass is 16.5. The molecule has 0 bridgehead atoms. The Morgan fingerprint density at radius 2 is 2.39 bits per heavy atom. The van der Waals surface area contributed by atoms with Crippen LogP contribution in [0.5, 0.6) is 0 Å². The predicted molar refractivity (Wildman–Crippen MR) is 73.9 cm³/mol. The highest BCUT2D eigenvalue weighted by Crippen LogP contribution is 2.19. The van der Waals surface area contributed by atoms with Crippen LogP contribution in [0.1, 0.15) is 24.8 Å². The van der Waals surface area contributed by atoms with Crippen molar-refractivity contribution >= 4 is 5.82 Å². The van der Waals surface area contributed by atoms with Crippen molar-refractivity contribution in [1.82, 2.24) is 4.98 Å². The molecular weight excluding hydrogens is 226 g/mol. The van der Waals surface area contributed by atoms with Crippen molar-refractivity contribution in [2.75, 3.05) is 31.6 Å². The molecule has 1 aromatic rings. The molecule has 0 amide bonds. The van der Waals surface area contributed by atoms with Gasteiger partial charge in [0.1, 0.15) is 5.82 Å². The summed E-state index contributed by atoms with van der Waals surface area (Å²) in [7, 11) is 2.08. The molecular formula is C14H23N3O. The zero-order chi connectivity index (χ0) is 12.8. The van der Waals surface area contributed by atoms with E-state index >= 15 is 0 Å². The number of pyridine rings is 1. The lowest BCUT2D eigenvalue weighted by atomic mass is 10.1. The van der Waals surface area contributed by atoms with E-state index in [2.05, 4.69) is 23.0 Å². The Bertz CT molecular complexity index is 364. The van der Waals surface area contributed by atoms with Gasteiger partial charge < -0.3 is 15.4 Å². The highest BCUT2D eigenvalue weighted by molar-refractivity contribution is 5.46. The van der Waals surface area contributed by atoms with Crippen LogP contribution in [0.25, 0.3) is 0 Å². The summed E-state index contributed by atoms with van der Waals surface area (Å²) in [5, 5.41) is 0. The summed E-state index contributed by atoms with van der Waals surface area (Å²) >= 11 is 0. The number of hydrogen-bond acceptors (Lipinski definition) is 4. The maximum Gasteiger partial charge on any atom is 0.131 e. The molecule has 2 N–H and O–H groups in total. The van der Waals surface area contributed by atoms with Gasteiger partial charge in [-0.1, -0.05) is 6.07 Å². The third kappa shape index (κ3) is 3.43. The molecule has 1 saturated heterocycles. The quantitative estimate of drug-likeness (QED) is 0.861. The van der Waals surface area contributed by atoms with Crippen molar-refractivity contribution in [2.24, 2.45) is 5.73 Å². The predicted octanol–water partition coefficient (Wildman–Crippen LogP) is 1.59. The monoisotopic (exact) mass is 249 g/mol. The maximum absolute atomic E-state index is 5.78. The summed E-state index contributed by atoms with van der Waals surface area (Å²) in [6.07, 6.45) is 6.69. The van der Waals surface area contributed by atoms with Crippen LogP contribution in [0.4, 0.5) is 5.82 Å². The number of anilines is 1. The molecule has 100 valence electrons. The molecule has 4 nitrogen and oxygen atoms in total. The summed E-state index contributed by atoms with van der Waals surface area (Å²) in [4.78, 5) is 6.67. The summed E-state index contributed by atoms with van der Waals surface area (Å²) in [6, 6.07) is 4.08. The Morgan fingerprint density at radius 1 is 1.50 bits per heavy atom. The van der Waals surface area contributed by atoms with Crippen LogP contribution in [0, 0.1) is 0 Å². The standard InChI is InChI=1S/C14H23N3O/c1-17(11-13-6-2-3-10-18-13)14-12(7-8-15)5-4-9-16-14/h4-5,9,13H,2-3,6-8,10-11,15H2,1H3. The molecule has 1 aliphatic heterocycles. The van der Waals surface area contributed by atoms with Gasteiger partial charge in [-0.15, -0.1) is 0 Å².